The molecule has 0 saturated heterocycles. The molecule has 44 heavy (non-hydrogen) atoms. The first-order chi connectivity index (χ1) is 19.3. The molecule has 2 radical (unpaired) electrons. The van der Waals surface area contributed by atoms with Gasteiger partial charge in [0.05, 0.1) is 0 Å². The number of halogens is 12. The maximum Gasteiger partial charge on any atom is 3.00 e. The van der Waals surface area contributed by atoms with E-state index in [-0.39, 0.29) is 57.2 Å². The average Bonchev–Trinajstić information content (AvgIpc) is 2.89. The normalized spacial score (nSPS) is 9.68. The van der Waals surface area contributed by atoms with Crippen LogP contribution in [0.25, 0.3) is 0 Å². The molecule has 3 aromatic rings. The van der Waals surface area contributed by atoms with E-state index in [0.29, 0.717) is 0 Å². The fourth-order valence-corrected chi connectivity index (χ4v) is 2.22. The van der Waals surface area contributed by atoms with Crippen molar-refractivity contribution in [1.29, 1.82) is 0 Å². The fourth-order valence-electron chi connectivity index (χ4n) is 2.22. The Morgan fingerprint density at radius 3 is 0.682 bits per heavy atom. The first kappa shape index (κ1) is 43.5. The molecule has 0 aliphatic rings. The number of hydrogen-bond donors (Lipinski definition) is 0. The van der Waals surface area contributed by atoms with Crippen LogP contribution in [0.15, 0.2) is 18.2 Å². The Morgan fingerprint density at radius 2 is 0.523 bits per heavy atom. The van der Waals surface area contributed by atoms with Crippen molar-refractivity contribution in [1.82, 2.24) is 0 Å². The van der Waals surface area contributed by atoms with Crippen LogP contribution in [-0.4, -0.2) is 22.0 Å². The van der Waals surface area contributed by atoms with Gasteiger partial charge < -0.3 is 44.1 Å². The Labute approximate surface area is 262 Å². The summed E-state index contributed by atoms with van der Waals surface area (Å²) in [4.78, 5) is 0. The predicted molar refractivity (Wildman–Crippen MR) is 98.0 cm³/mol. The molecule has 0 N–H and O–H groups in total. The molecule has 0 aliphatic heterocycles. The fraction of sp³-hybridized carbons (Fsp3) is 0. The van der Waals surface area contributed by atoms with Gasteiger partial charge in [-0.05, 0) is 0 Å². The minimum Gasteiger partial charge on any atom is -0.860 e. The molecule has 3 aromatic carbocycles. The van der Waals surface area contributed by atoms with E-state index in [0.717, 1.165) is 0 Å². The summed E-state index contributed by atoms with van der Waals surface area (Å²) in [6.45, 7) is 0. The van der Waals surface area contributed by atoms with Crippen LogP contribution in [-0.2, 0) is 39.0 Å². The topological polar surface area (TPSA) is 166 Å². The summed E-state index contributed by atoms with van der Waals surface area (Å²) in [5.74, 6) is -27.3. The molecule has 238 valence electrons. The molecule has 0 amide bonds. The summed E-state index contributed by atoms with van der Waals surface area (Å²) in [6.07, 6.45) is 0. The van der Waals surface area contributed by atoms with Gasteiger partial charge in [0.15, 0.2) is 34.9 Å². The molecule has 26 heteroatoms. The van der Waals surface area contributed by atoms with Crippen molar-refractivity contribution in [2.45, 2.75) is 0 Å². The van der Waals surface area contributed by atoms with Gasteiger partial charge in [0, 0.05) is 18.2 Å². The molecule has 0 aliphatic carbocycles. The largest absolute Gasteiger partial charge is 3.00 e. The van der Waals surface area contributed by atoms with E-state index >= 15 is 0 Å². The van der Waals surface area contributed by atoms with Crippen molar-refractivity contribution >= 4 is 22.0 Å². The Hall–Kier alpha value is -2.58. The van der Waals surface area contributed by atoms with Crippen LogP contribution in [0.4, 0.5) is 52.7 Å². The molecule has 0 aromatic heterocycles. The average molecular weight is 826 g/mol. The molecular formula is C18H3B3F12O9Ru2. The summed E-state index contributed by atoms with van der Waals surface area (Å²) in [5, 5.41) is 59.2. The summed E-state index contributed by atoms with van der Waals surface area (Å²) < 4.78 is 160. The predicted octanol–water partition coefficient (Wildman–Crippen LogP) is -2.02. The molecule has 9 nitrogen and oxygen atoms in total. The van der Waals surface area contributed by atoms with Crippen molar-refractivity contribution in [3.63, 3.8) is 0 Å². The van der Waals surface area contributed by atoms with E-state index in [1.165, 1.54) is 0 Å². The Kier molecular flexibility index (Phi) is 18.9. The molecule has 3 rings (SSSR count). The van der Waals surface area contributed by atoms with E-state index in [1.54, 1.807) is 0 Å². The monoisotopic (exact) mass is 828 g/mol. The maximum absolute atomic E-state index is 12.6. The molecule has 0 fully saturated rings. The van der Waals surface area contributed by atoms with Crippen LogP contribution in [0, 0.1) is 69.8 Å². The van der Waals surface area contributed by atoms with Gasteiger partial charge in [-0.15, -0.1) is 0 Å². The van der Waals surface area contributed by atoms with Crippen LogP contribution in [0.3, 0.4) is 0 Å². The third-order valence-corrected chi connectivity index (χ3v) is 3.88. The third kappa shape index (κ3) is 12.1. The SMILES string of the molecule is [O-]B([O-])Oc1cc(F)c(F)c(F)c1F.[O-]B([O-])Oc1cc(F)c(F)c(F)c1F.[O-]B([O-])Oc1cc(F)c(F)c(F)c1F.[Ru+3].[Ru+3]. The van der Waals surface area contributed by atoms with E-state index in [9.17, 15) is 82.8 Å². The minimum atomic E-state index is -2.95. The van der Waals surface area contributed by atoms with Gasteiger partial charge in [-0.2, -0.15) is 13.2 Å². The van der Waals surface area contributed by atoms with E-state index in [1.807, 2.05) is 0 Å². The van der Waals surface area contributed by atoms with E-state index in [4.69, 9.17) is 0 Å². The third-order valence-electron chi connectivity index (χ3n) is 3.88. The Balaban J connectivity index is 0. The van der Waals surface area contributed by atoms with Gasteiger partial charge in [-0.1, -0.05) is 0 Å². The van der Waals surface area contributed by atoms with Crippen LogP contribution in [0.1, 0.15) is 0 Å². The first-order valence-corrected chi connectivity index (χ1v) is 9.73. The molecule has 0 atom stereocenters. The van der Waals surface area contributed by atoms with Crippen molar-refractivity contribution in [2.24, 2.45) is 0 Å². The number of hydrogen-bond acceptors (Lipinski definition) is 9. The van der Waals surface area contributed by atoms with Crippen LogP contribution < -0.4 is 44.1 Å². The summed E-state index contributed by atoms with van der Waals surface area (Å²) in [6, 6.07) is 0.240. The smallest absolute Gasteiger partial charge is 0.860 e. The summed E-state index contributed by atoms with van der Waals surface area (Å²) in [5.41, 5.74) is 0. The van der Waals surface area contributed by atoms with Crippen LogP contribution in [0.2, 0.25) is 0 Å². The van der Waals surface area contributed by atoms with E-state index < -0.39 is 109 Å². The van der Waals surface area contributed by atoms with Gasteiger partial charge in [-0.3, -0.25) is 0 Å². The van der Waals surface area contributed by atoms with Crippen molar-refractivity contribution < 1.29 is 136 Å². The number of benzene rings is 3. The molecule has 0 spiro atoms. The minimum absolute atomic E-state index is 0. The molecule has 0 saturated carbocycles. The Bertz CT molecular complexity index is 1250. The molecule has 0 unspecified atom stereocenters. The zero-order chi connectivity index (χ0) is 32.6. The maximum atomic E-state index is 12.6. The van der Waals surface area contributed by atoms with Crippen molar-refractivity contribution in [3.05, 3.63) is 88.0 Å². The standard InChI is InChI=1S/3C6HBF4O3.2Ru/c3*8-2-1-3(14-7(12)13)5(10)6(11)4(2)9;;/h3*1H;;/q3*-2;2*+3. The second-order valence-electron chi connectivity index (χ2n) is 6.61. The number of rotatable bonds is 6. The summed E-state index contributed by atoms with van der Waals surface area (Å²) >= 11 is 0. The quantitative estimate of drug-likeness (QED) is 0.118. The molecular weight excluding hydrogens is 823 g/mol. The van der Waals surface area contributed by atoms with Gasteiger partial charge >= 0.3 is 39.0 Å². The van der Waals surface area contributed by atoms with Crippen molar-refractivity contribution in [2.75, 3.05) is 0 Å². The summed E-state index contributed by atoms with van der Waals surface area (Å²) in [7, 11) is -8.85. The van der Waals surface area contributed by atoms with Gasteiger partial charge in [-0.25, -0.2) is 39.5 Å². The molecule has 0 heterocycles. The zero-order valence-electron chi connectivity index (χ0n) is 19.9. The van der Waals surface area contributed by atoms with Gasteiger partial charge in [0.25, 0.3) is 0 Å². The van der Waals surface area contributed by atoms with Crippen LogP contribution >= 0.6 is 0 Å². The van der Waals surface area contributed by atoms with E-state index in [2.05, 4.69) is 14.0 Å². The van der Waals surface area contributed by atoms with Crippen LogP contribution in [0.5, 0.6) is 17.2 Å². The first-order valence-electron chi connectivity index (χ1n) is 9.73. The zero-order valence-corrected chi connectivity index (χ0v) is 23.4. The second-order valence-corrected chi connectivity index (χ2v) is 6.61. The second kappa shape index (κ2) is 19.1. The van der Waals surface area contributed by atoms with Crippen molar-refractivity contribution in [3.8, 4) is 17.2 Å². The Morgan fingerprint density at radius 1 is 0.341 bits per heavy atom. The van der Waals surface area contributed by atoms with Gasteiger partial charge in [0.2, 0.25) is 34.9 Å². The molecule has 0 bridgehead atoms. The van der Waals surface area contributed by atoms with Gasteiger partial charge in [0.1, 0.15) is 39.2 Å².